The van der Waals surface area contributed by atoms with Gasteiger partial charge < -0.3 is 0 Å². The topological polar surface area (TPSA) is 17.1 Å². The Kier molecular flexibility index (Phi) is 2.59. The number of carbonyl (C=O) groups is 1. The van der Waals surface area contributed by atoms with E-state index in [4.69, 9.17) is 23.2 Å². The van der Waals surface area contributed by atoms with Gasteiger partial charge in [0, 0.05) is 11.8 Å². The predicted octanol–water partition coefficient (Wildman–Crippen LogP) is 3.33. The molecule has 0 aromatic carbocycles. The molecule has 1 nitrogen and oxygen atoms in total. The number of hydrogen-bond acceptors (Lipinski definition) is 1. The van der Waals surface area contributed by atoms with E-state index in [0.717, 1.165) is 19.3 Å². The fourth-order valence-electron chi connectivity index (χ4n) is 2.57. The van der Waals surface area contributed by atoms with E-state index in [2.05, 4.69) is 0 Å². The first-order valence-corrected chi connectivity index (χ1v) is 5.82. The summed E-state index contributed by atoms with van der Waals surface area (Å²) >= 11 is 11.9. The lowest BCUT2D eigenvalue weighted by molar-refractivity contribution is -0.136. The largest absolute Gasteiger partial charge is 0.296 e. The van der Waals surface area contributed by atoms with Crippen molar-refractivity contribution < 1.29 is 4.79 Å². The highest BCUT2D eigenvalue weighted by atomic mass is 35.5. The summed E-state index contributed by atoms with van der Waals surface area (Å²) in [5, 5.41) is 0. The second-order valence-electron chi connectivity index (χ2n) is 4.19. The number of fused-ring (bicyclic) bond motifs is 1. The molecule has 0 saturated heterocycles. The van der Waals surface area contributed by atoms with Crippen LogP contribution in [-0.4, -0.2) is 10.1 Å². The van der Waals surface area contributed by atoms with Crippen LogP contribution in [-0.2, 0) is 4.79 Å². The molecule has 2 rings (SSSR count). The van der Waals surface area contributed by atoms with Gasteiger partial charge in [-0.05, 0) is 12.8 Å². The molecule has 0 amide bonds. The maximum absolute atomic E-state index is 11.5. The lowest BCUT2D eigenvalue weighted by Gasteiger charge is -2.46. The quantitative estimate of drug-likeness (QED) is 0.573. The van der Waals surface area contributed by atoms with Crippen LogP contribution in [0.4, 0.5) is 0 Å². The number of Topliss-reactive ketones (excluding diaryl/α,β-unsaturated/α-hetero) is 1. The molecular weight excluding hydrogens is 207 g/mol. The van der Waals surface area contributed by atoms with Crippen molar-refractivity contribution in [3.63, 3.8) is 0 Å². The molecule has 2 aliphatic carbocycles. The second kappa shape index (κ2) is 3.43. The van der Waals surface area contributed by atoms with Crippen molar-refractivity contribution in [2.75, 3.05) is 0 Å². The highest BCUT2D eigenvalue weighted by Gasteiger charge is 2.59. The second-order valence-corrected chi connectivity index (χ2v) is 5.58. The van der Waals surface area contributed by atoms with Crippen LogP contribution in [0, 0.1) is 11.8 Å². The van der Waals surface area contributed by atoms with Gasteiger partial charge in [0.2, 0.25) is 0 Å². The molecule has 0 heterocycles. The molecule has 0 spiro atoms. The molecule has 2 atom stereocenters. The molecule has 2 aliphatic rings. The van der Waals surface area contributed by atoms with Gasteiger partial charge in [0.15, 0.2) is 10.1 Å². The smallest absolute Gasteiger partial charge is 0.179 e. The zero-order valence-electron chi connectivity index (χ0n) is 7.56. The van der Waals surface area contributed by atoms with Gasteiger partial charge in [0.1, 0.15) is 0 Å². The van der Waals surface area contributed by atoms with Gasteiger partial charge >= 0.3 is 0 Å². The van der Waals surface area contributed by atoms with Crippen molar-refractivity contribution in [1.82, 2.24) is 0 Å². The molecule has 74 valence electrons. The molecule has 0 aliphatic heterocycles. The van der Waals surface area contributed by atoms with E-state index in [1.807, 2.05) is 0 Å². The Bertz CT molecular complexity index is 225. The summed E-state index contributed by atoms with van der Waals surface area (Å²) in [4.78, 5) is 11.5. The summed E-state index contributed by atoms with van der Waals surface area (Å²) in [6, 6.07) is 0. The number of alkyl halides is 2. The summed E-state index contributed by atoms with van der Waals surface area (Å²) in [6.45, 7) is 0. The van der Waals surface area contributed by atoms with E-state index in [9.17, 15) is 4.79 Å². The molecule has 3 heteroatoms. The normalized spacial score (nSPS) is 38.5. The zero-order chi connectivity index (χ0) is 9.47. The maximum atomic E-state index is 11.5. The maximum Gasteiger partial charge on any atom is 0.179 e. The summed E-state index contributed by atoms with van der Waals surface area (Å²) in [6.07, 6.45) is 6.90. The van der Waals surface area contributed by atoms with Crippen molar-refractivity contribution in [2.45, 2.75) is 42.9 Å². The van der Waals surface area contributed by atoms with Crippen molar-refractivity contribution in [1.29, 1.82) is 0 Å². The molecule has 0 aromatic heterocycles. The molecule has 0 aromatic rings. The van der Waals surface area contributed by atoms with Crippen LogP contribution in [0.15, 0.2) is 0 Å². The van der Waals surface area contributed by atoms with Gasteiger partial charge in [-0.3, -0.25) is 4.79 Å². The zero-order valence-corrected chi connectivity index (χ0v) is 9.07. The van der Waals surface area contributed by atoms with Gasteiger partial charge in [-0.1, -0.05) is 48.9 Å². The first-order chi connectivity index (χ1) is 6.14. The summed E-state index contributed by atoms with van der Waals surface area (Å²) in [7, 11) is 0. The fraction of sp³-hybridized carbons (Fsp3) is 0.900. The molecule has 0 radical (unpaired) electrons. The van der Waals surface area contributed by atoms with Crippen molar-refractivity contribution in [3.8, 4) is 0 Å². The number of hydrogen-bond donors (Lipinski definition) is 0. The average Bonchev–Trinajstić information content (AvgIpc) is 2.03. The Labute approximate surface area is 88.8 Å². The molecule has 0 unspecified atom stereocenters. The van der Waals surface area contributed by atoms with Crippen LogP contribution in [0.2, 0.25) is 0 Å². The van der Waals surface area contributed by atoms with E-state index in [1.165, 1.54) is 19.3 Å². The van der Waals surface area contributed by atoms with Crippen LogP contribution >= 0.6 is 23.2 Å². The standard InChI is InChI=1S/C10H14Cl2O/c11-10(12)8-6-4-2-1-3-5-7(8)9(10)13/h7-8H,1-6H2/t7-,8+/m0/s1. The first-order valence-electron chi connectivity index (χ1n) is 5.06. The molecular formula is C10H14Cl2O. The Morgan fingerprint density at radius 1 is 1.08 bits per heavy atom. The van der Waals surface area contributed by atoms with Gasteiger partial charge in [0.05, 0.1) is 0 Å². The van der Waals surface area contributed by atoms with Gasteiger partial charge in [-0.2, -0.15) is 0 Å². The SMILES string of the molecule is O=C1[C@H]2CCCCCC[C@H]2C1(Cl)Cl. The summed E-state index contributed by atoms with van der Waals surface area (Å²) < 4.78 is -1.04. The van der Waals surface area contributed by atoms with Gasteiger partial charge in [-0.25, -0.2) is 0 Å². The Hall–Kier alpha value is 0.250. The highest BCUT2D eigenvalue weighted by Crippen LogP contribution is 2.53. The molecule has 13 heavy (non-hydrogen) atoms. The number of ketones is 1. The van der Waals surface area contributed by atoms with Gasteiger partial charge in [-0.15, -0.1) is 0 Å². The third-order valence-corrected chi connectivity index (χ3v) is 4.33. The third kappa shape index (κ3) is 1.50. The van der Waals surface area contributed by atoms with Crippen molar-refractivity contribution in [2.24, 2.45) is 11.8 Å². The Morgan fingerprint density at radius 2 is 1.69 bits per heavy atom. The average molecular weight is 221 g/mol. The monoisotopic (exact) mass is 220 g/mol. The molecule has 0 bridgehead atoms. The van der Waals surface area contributed by atoms with Crippen LogP contribution in [0.1, 0.15) is 38.5 Å². The van der Waals surface area contributed by atoms with Crippen LogP contribution < -0.4 is 0 Å². The van der Waals surface area contributed by atoms with E-state index < -0.39 is 4.33 Å². The lowest BCUT2D eigenvalue weighted by atomic mass is 9.66. The first kappa shape index (κ1) is 9.79. The Morgan fingerprint density at radius 3 is 2.38 bits per heavy atom. The summed E-state index contributed by atoms with van der Waals surface area (Å²) in [5.41, 5.74) is 0. The minimum atomic E-state index is -1.04. The van der Waals surface area contributed by atoms with E-state index in [1.54, 1.807) is 0 Å². The number of rotatable bonds is 0. The molecule has 0 N–H and O–H groups in total. The Balaban J connectivity index is 2.07. The van der Waals surface area contributed by atoms with E-state index in [-0.39, 0.29) is 17.6 Å². The van der Waals surface area contributed by atoms with Crippen LogP contribution in [0.5, 0.6) is 0 Å². The minimum absolute atomic E-state index is 0.0720. The predicted molar refractivity (Wildman–Crippen MR) is 54.1 cm³/mol. The number of halogens is 2. The highest BCUT2D eigenvalue weighted by molar-refractivity contribution is 6.60. The fourth-order valence-corrected chi connectivity index (χ4v) is 3.37. The lowest BCUT2D eigenvalue weighted by Crippen LogP contribution is -2.56. The van der Waals surface area contributed by atoms with Crippen molar-refractivity contribution >= 4 is 29.0 Å². The van der Waals surface area contributed by atoms with E-state index in [0.29, 0.717) is 0 Å². The molecule has 2 saturated carbocycles. The van der Waals surface area contributed by atoms with Gasteiger partial charge in [0.25, 0.3) is 0 Å². The van der Waals surface area contributed by atoms with Crippen LogP contribution in [0.25, 0.3) is 0 Å². The minimum Gasteiger partial charge on any atom is -0.296 e. The number of carbonyl (C=O) groups excluding carboxylic acids is 1. The third-order valence-electron chi connectivity index (χ3n) is 3.40. The summed E-state index contributed by atoms with van der Waals surface area (Å²) in [5.74, 6) is 0.488. The van der Waals surface area contributed by atoms with E-state index >= 15 is 0 Å². The van der Waals surface area contributed by atoms with Crippen LogP contribution in [0.3, 0.4) is 0 Å². The van der Waals surface area contributed by atoms with Crippen molar-refractivity contribution in [3.05, 3.63) is 0 Å². The molecule has 2 fully saturated rings.